The van der Waals surface area contributed by atoms with Gasteiger partial charge in [0.25, 0.3) is 0 Å². The van der Waals surface area contributed by atoms with Gasteiger partial charge in [-0.05, 0) is 36.0 Å². The van der Waals surface area contributed by atoms with Gasteiger partial charge >= 0.3 is 5.97 Å². The SMILES string of the molecule is COc1ccc(NC(=S)NC(=O)CCC(=O)OCCc2ccccc2)cc1Cl. The molecule has 0 radical (unpaired) electrons. The van der Waals surface area contributed by atoms with Gasteiger partial charge in [-0.15, -0.1) is 0 Å². The minimum Gasteiger partial charge on any atom is -0.495 e. The molecule has 0 aliphatic rings. The second kappa shape index (κ2) is 11.3. The zero-order valence-electron chi connectivity index (χ0n) is 15.4. The van der Waals surface area contributed by atoms with Gasteiger partial charge in [0.2, 0.25) is 5.91 Å². The van der Waals surface area contributed by atoms with Crippen LogP contribution in [-0.4, -0.2) is 30.7 Å². The second-order valence-electron chi connectivity index (χ2n) is 5.81. The van der Waals surface area contributed by atoms with Crippen LogP contribution in [0.25, 0.3) is 0 Å². The number of ether oxygens (including phenoxy) is 2. The summed E-state index contributed by atoms with van der Waals surface area (Å²) >= 11 is 11.1. The molecule has 2 aromatic rings. The first kappa shape index (κ1) is 21.7. The number of esters is 1. The van der Waals surface area contributed by atoms with Gasteiger partial charge in [-0.1, -0.05) is 41.9 Å². The molecule has 0 aliphatic carbocycles. The number of carbonyl (C=O) groups is 2. The molecule has 2 rings (SSSR count). The number of carbonyl (C=O) groups excluding carboxylic acids is 2. The molecule has 6 nitrogen and oxygen atoms in total. The topological polar surface area (TPSA) is 76.7 Å². The predicted octanol–water partition coefficient (Wildman–Crippen LogP) is 3.73. The van der Waals surface area contributed by atoms with Crippen molar-refractivity contribution in [3.05, 3.63) is 59.1 Å². The number of hydrogen-bond donors (Lipinski definition) is 2. The minimum atomic E-state index is -0.424. The average Bonchev–Trinajstić information content (AvgIpc) is 2.67. The van der Waals surface area contributed by atoms with E-state index in [1.807, 2.05) is 30.3 Å². The fraction of sp³-hybridized carbons (Fsp3) is 0.250. The lowest BCUT2D eigenvalue weighted by atomic mass is 10.2. The summed E-state index contributed by atoms with van der Waals surface area (Å²) in [5.41, 5.74) is 1.69. The number of nitrogens with one attached hydrogen (secondary N) is 2. The zero-order valence-corrected chi connectivity index (χ0v) is 16.9. The quantitative estimate of drug-likeness (QED) is 0.500. The summed E-state index contributed by atoms with van der Waals surface area (Å²) < 4.78 is 10.2. The van der Waals surface area contributed by atoms with Crippen LogP contribution in [0.2, 0.25) is 5.02 Å². The number of benzene rings is 2. The lowest BCUT2D eigenvalue weighted by Gasteiger charge is -2.11. The van der Waals surface area contributed by atoms with Gasteiger partial charge in [0.1, 0.15) is 5.75 Å². The highest BCUT2D eigenvalue weighted by atomic mass is 35.5. The monoisotopic (exact) mass is 420 g/mol. The lowest BCUT2D eigenvalue weighted by molar-refractivity contribution is -0.144. The molecule has 0 fully saturated rings. The first-order chi connectivity index (χ1) is 13.5. The van der Waals surface area contributed by atoms with E-state index in [-0.39, 0.29) is 30.5 Å². The second-order valence-corrected chi connectivity index (χ2v) is 6.62. The van der Waals surface area contributed by atoms with Crippen LogP contribution >= 0.6 is 23.8 Å². The molecule has 2 aromatic carbocycles. The number of anilines is 1. The van der Waals surface area contributed by atoms with E-state index in [1.54, 1.807) is 18.2 Å². The zero-order chi connectivity index (χ0) is 20.4. The molecular weight excluding hydrogens is 400 g/mol. The summed E-state index contributed by atoms with van der Waals surface area (Å²) in [5, 5.41) is 5.89. The molecule has 0 saturated carbocycles. The fourth-order valence-electron chi connectivity index (χ4n) is 2.31. The highest BCUT2D eigenvalue weighted by molar-refractivity contribution is 7.80. The number of halogens is 1. The Labute approximate surface area is 174 Å². The molecule has 0 aromatic heterocycles. The Morgan fingerprint density at radius 3 is 2.54 bits per heavy atom. The van der Waals surface area contributed by atoms with Gasteiger partial charge < -0.3 is 20.1 Å². The summed E-state index contributed by atoms with van der Waals surface area (Å²) in [6.07, 6.45) is 0.601. The molecule has 2 N–H and O–H groups in total. The Hall–Kier alpha value is -2.64. The Morgan fingerprint density at radius 1 is 1.11 bits per heavy atom. The van der Waals surface area contributed by atoms with Gasteiger partial charge in [-0.3, -0.25) is 9.59 Å². The van der Waals surface area contributed by atoms with Crippen molar-refractivity contribution in [2.24, 2.45) is 0 Å². The maximum absolute atomic E-state index is 11.9. The van der Waals surface area contributed by atoms with Gasteiger partial charge in [0, 0.05) is 18.5 Å². The first-order valence-electron chi connectivity index (χ1n) is 8.62. The predicted molar refractivity (Wildman–Crippen MR) is 113 cm³/mol. The van der Waals surface area contributed by atoms with Crippen molar-refractivity contribution in [2.75, 3.05) is 19.0 Å². The largest absolute Gasteiger partial charge is 0.495 e. The van der Waals surface area contributed by atoms with Crippen LogP contribution in [0, 0.1) is 0 Å². The maximum Gasteiger partial charge on any atom is 0.306 e. The third-order valence-corrected chi connectivity index (χ3v) is 4.21. The number of thiocarbonyl (C=S) groups is 1. The summed E-state index contributed by atoms with van der Waals surface area (Å²) in [4.78, 5) is 23.7. The molecule has 148 valence electrons. The van der Waals surface area contributed by atoms with Crippen LogP contribution in [0.1, 0.15) is 18.4 Å². The molecular formula is C20H21ClN2O4S. The van der Waals surface area contributed by atoms with E-state index in [4.69, 9.17) is 33.3 Å². The molecule has 0 saturated heterocycles. The van der Waals surface area contributed by atoms with Gasteiger partial charge in [-0.25, -0.2) is 0 Å². The van der Waals surface area contributed by atoms with Crippen LogP contribution in [-0.2, 0) is 20.7 Å². The normalized spacial score (nSPS) is 10.1. The van der Waals surface area contributed by atoms with E-state index < -0.39 is 5.97 Å². The first-order valence-corrected chi connectivity index (χ1v) is 9.40. The van der Waals surface area contributed by atoms with Crippen molar-refractivity contribution in [1.82, 2.24) is 5.32 Å². The average molecular weight is 421 g/mol. The van der Waals surface area contributed by atoms with E-state index in [2.05, 4.69) is 10.6 Å². The highest BCUT2D eigenvalue weighted by Gasteiger charge is 2.10. The van der Waals surface area contributed by atoms with E-state index in [0.717, 1.165) is 5.56 Å². The molecule has 0 unspecified atom stereocenters. The third kappa shape index (κ3) is 7.54. The number of amides is 1. The Balaban J connectivity index is 1.66. The minimum absolute atomic E-state index is 0.0163. The van der Waals surface area contributed by atoms with Crippen molar-refractivity contribution in [1.29, 1.82) is 0 Å². The maximum atomic E-state index is 11.9. The summed E-state index contributed by atoms with van der Waals surface area (Å²) in [5.74, 6) is -0.267. The van der Waals surface area contributed by atoms with E-state index in [0.29, 0.717) is 22.9 Å². The van der Waals surface area contributed by atoms with Crippen LogP contribution in [0.4, 0.5) is 5.69 Å². The lowest BCUT2D eigenvalue weighted by Crippen LogP contribution is -2.34. The number of hydrogen-bond acceptors (Lipinski definition) is 5. The molecule has 8 heteroatoms. The van der Waals surface area contributed by atoms with Crippen LogP contribution in [0.3, 0.4) is 0 Å². The van der Waals surface area contributed by atoms with Crippen LogP contribution < -0.4 is 15.4 Å². The fourth-order valence-corrected chi connectivity index (χ4v) is 2.80. The van der Waals surface area contributed by atoms with Crippen molar-refractivity contribution >= 4 is 46.5 Å². The Morgan fingerprint density at radius 2 is 1.86 bits per heavy atom. The molecule has 0 heterocycles. The van der Waals surface area contributed by atoms with E-state index >= 15 is 0 Å². The summed E-state index contributed by atoms with van der Waals surface area (Å²) in [6.45, 7) is 0.280. The van der Waals surface area contributed by atoms with Crippen molar-refractivity contribution in [3.63, 3.8) is 0 Å². The van der Waals surface area contributed by atoms with E-state index in [1.165, 1.54) is 7.11 Å². The molecule has 0 bridgehead atoms. The molecule has 0 spiro atoms. The molecule has 0 aliphatic heterocycles. The van der Waals surface area contributed by atoms with Crippen molar-refractivity contribution in [2.45, 2.75) is 19.3 Å². The van der Waals surface area contributed by atoms with Crippen molar-refractivity contribution < 1.29 is 19.1 Å². The van der Waals surface area contributed by atoms with Gasteiger partial charge in [0.15, 0.2) is 5.11 Å². The third-order valence-electron chi connectivity index (χ3n) is 3.72. The standard InChI is InChI=1S/C20H21ClN2O4S/c1-26-17-8-7-15(13-16(17)21)22-20(28)23-18(24)9-10-19(25)27-12-11-14-5-3-2-4-6-14/h2-8,13H,9-12H2,1H3,(H2,22,23,24,28). The number of rotatable bonds is 8. The summed E-state index contributed by atoms with van der Waals surface area (Å²) in [6, 6.07) is 14.7. The van der Waals surface area contributed by atoms with Crippen molar-refractivity contribution in [3.8, 4) is 5.75 Å². The molecule has 28 heavy (non-hydrogen) atoms. The van der Waals surface area contributed by atoms with Crippen LogP contribution in [0.5, 0.6) is 5.75 Å². The molecule has 1 amide bonds. The smallest absolute Gasteiger partial charge is 0.306 e. The number of methoxy groups -OCH3 is 1. The van der Waals surface area contributed by atoms with Crippen LogP contribution in [0.15, 0.2) is 48.5 Å². The highest BCUT2D eigenvalue weighted by Crippen LogP contribution is 2.27. The van der Waals surface area contributed by atoms with Gasteiger partial charge in [-0.2, -0.15) is 0 Å². The van der Waals surface area contributed by atoms with E-state index in [9.17, 15) is 9.59 Å². The summed E-state index contributed by atoms with van der Waals surface area (Å²) in [7, 11) is 1.52. The van der Waals surface area contributed by atoms with Gasteiger partial charge in [0.05, 0.1) is 25.2 Å². The Bertz CT molecular complexity index is 830. The molecule has 0 atom stereocenters. The Kier molecular flexibility index (Phi) is 8.71.